The van der Waals surface area contributed by atoms with Gasteiger partial charge >= 0.3 is 0 Å². The van der Waals surface area contributed by atoms with E-state index in [1.807, 2.05) is 37.3 Å². The third kappa shape index (κ3) is 7.19. The summed E-state index contributed by atoms with van der Waals surface area (Å²) in [6.07, 6.45) is 2.00. The third-order valence-corrected chi connectivity index (χ3v) is 4.36. The highest BCUT2D eigenvalue weighted by Gasteiger charge is 2.13. The van der Waals surface area contributed by atoms with Crippen LogP contribution in [0.25, 0.3) is 0 Å². The molecule has 2 N–H and O–H groups in total. The van der Waals surface area contributed by atoms with Gasteiger partial charge in [0.15, 0.2) is 5.11 Å². The lowest BCUT2D eigenvalue weighted by molar-refractivity contribution is -0.128. The number of thiocarbonyl (C=S) groups is 1. The number of benzene rings is 2. The first-order valence-electron chi connectivity index (χ1n) is 9.54. The van der Waals surface area contributed by atoms with Crippen molar-refractivity contribution in [3.63, 3.8) is 0 Å². The van der Waals surface area contributed by atoms with Gasteiger partial charge in [-0.3, -0.25) is 14.9 Å². The number of para-hydroxylation sites is 1. The van der Waals surface area contributed by atoms with Crippen LogP contribution in [0.15, 0.2) is 48.5 Å². The van der Waals surface area contributed by atoms with Crippen molar-refractivity contribution in [3.05, 3.63) is 59.7 Å². The molecule has 0 unspecified atom stereocenters. The number of anilines is 1. The Labute approximate surface area is 177 Å². The minimum atomic E-state index is -0.326. The van der Waals surface area contributed by atoms with Gasteiger partial charge in [0.2, 0.25) is 5.91 Å². The number of ether oxygens (including phenoxy) is 1. The molecule has 2 aromatic rings. The van der Waals surface area contributed by atoms with Crippen LogP contribution in [0, 0.1) is 0 Å². The Hall–Kier alpha value is -2.93. The van der Waals surface area contributed by atoms with Gasteiger partial charge in [0.25, 0.3) is 5.91 Å². The zero-order valence-electron chi connectivity index (χ0n) is 17.0. The molecule has 0 spiro atoms. The van der Waals surface area contributed by atoms with E-state index in [-0.39, 0.29) is 16.9 Å². The van der Waals surface area contributed by atoms with Crippen LogP contribution in [-0.4, -0.2) is 42.5 Å². The smallest absolute Gasteiger partial charge is 0.261 e. The van der Waals surface area contributed by atoms with E-state index >= 15 is 0 Å². The largest absolute Gasteiger partial charge is 0.493 e. The average Bonchev–Trinajstić information content (AvgIpc) is 2.71. The van der Waals surface area contributed by atoms with Gasteiger partial charge in [0, 0.05) is 26.2 Å². The SMILES string of the molecule is CCCOc1ccccc1C(=O)NC(=S)Nc1ccc(CCC(=O)N(C)C)cc1. The summed E-state index contributed by atoms with van der Waals surface area (Å²) in [6, 6.07) is 14.7. The molecule has 2 amide bonds. The van der Waals surface area contributed by atoms with Crippen molar-refractivity contribution in [2.45, 2.75) is 26.2 Å². The minimum absolute atomic E-state index is 0.0966. The summed E-state index contributed by atoms with van der Waals surface area (Å²) >= 11 is 5.26. The molecule has 0 aliphatic heterocycles. The molecule has 0 radical (unpaired) electrons. The van der Waals surface area contributed by atoms with Gasteiger partial charge in [0.1, 0.15) is 5.75 Å². The summed E-state index contributed by atoms with van der Waals surface area (Å²) < 4.78 is 5.62. The van der Waals surface area contributed by atoms with Crippen molar-refractivity contribution in [1.82, 2.24) is 10.2 Å². The van der Waals surface area contributed by atoms with Crippen molar-refractivity contribution in [2.24, 2.45) is 0 Å². The number of hydrogen-bond donors (Lipinski definition) is 2. The normalized spacial score (nSPS) is 10.2. The van der Waals surface area contributed by atoms with Gasteiger partial charge in [-0.05, 0) is 54.9 Å². The fraction of sp³-hybridized carbons (Fsp3) is 0.318. The Kier molecular flexibility index (Phi) is 8.61. The van der Waals surface area contributed by atoms with E-state index in [2.05, 4.69) is 10.6 Å². The average molecular weight is 414 g/mol. The molecule has 0 aliphatic rings. The second kappa shape index (κ2) is 11.2. The van der Waals surface area contributed by atoms with Crippen LogP contribution in [0.2, 0.25) is 0 Å². The Morgan fingerprint density at radius 1 is 1.07 bits per heavy atom. The number of nitrogens with one attached hydrogen (secondary N) is 2. The summed E-state index contributed by atoms with van der Waals surface area (Å²) in [6.45, 7) is 2.55. The van der Waals surface area contributed by atoms with Crippen molar-refractivity contribution < 1.29 is 14.3 Å². The molecule has 0 saturated carbocycles. The van der Waals surface area contributed by atoms with Crippen LogP contribution in [-0.2, 0) is 11.2 Å². The molecule has 0 heterocycles. The molecule has 2 aromatic carbocycles. The fourth-order valence-corrected chi connectivity index (χ4v) is 2.77. The molecule has 154 valence electrons. The first kappa shape index (κ1) is 22.4. The van der Waals surface area contributed by atoms with Crippen LogP contribution in [0.3, 0.4) is 0 Å². The van der Waals surface area contributed by atoms with Crippen LogP contribution >= 0.6 is 12.2 Å². The maximum atomic E-state index is 12.5. The second-order valence-electron chi connectivity index (χ2n) is 6.74. The molecule has 0 saturated heterocycles. The fourth-order valence-electron chi connectivity index (χ4n) is 2.55. The van der Waals surface area contributed by atoms with Crippen molar-refractivity contribution in [3.8, 4) is 5.75 Å². The van der Waals surface area contributed by atoms with Gasteiger partial charge in [-0.1, -0.05) is 31.2 Å². The highest BCUT2D eigenvalue weighted by atomic mass is 32.1. The molecule has 0 atom stereocenters. The lowest BCUT2D eigenvalue weighted by atomic mass is 10.1. The zero-order valence-corrected chi connectivity index (χ0v) is 17.8. The first-order valence-corrected chi connectivity index (χ1v) is 9.94. The Morgan fingerprint density at radius 3 is 2.41 bits per heavy atom. The number of amides is 2. The van der Waals surface area contributed by atoms with E-state index in [1.54, 1.807) is 37.2 Å². The first-order chi connectivity index (χ1) is 13.9. The molecule has 0 bridgehead atoms. The van der Waals surface area contributed by atoms with Crippen LogP contribution in [0.1, 0.15) is 35.7 Å². The maximum absolute atomic E-state index is 12.5. The monoisotopic (exact) mass is 413 g/mol. The lowest BCUT2D eigenvalue weighted by Gasteiger charge is -2.13. The van der Waals surface area contributed by atoms with E-state index in [0.29, 0.717) is 30.8 Å². The second-order valence-corrected chi connectivity index (χ2v) is 7.15. The summed E-state index contributed by atoms with van der Waals surface area (Å²) in [5, 5.41) is 5.88. The molecule has 29 heavy (non-hydrogen) atoms. The molecule has 0 aliphatic carbocycles. The number of carbonyl (C=O) groups is 2. The Morgan fingerprint density at radius 2 is 1.76 bits per heavy atom. The van der Waals surface area contributed by atoms with Crippen LogP contribution in [0.5, 0.6) is 5.75 Å². The van der Waals surface area contributed by atoms with Crippen molar-refractivity contribution in [2.75, 3.05) is 26.0 Å². The third-order valence-electron chi connectivity index (χ3n) is 4.16. The quantitative estimate of drug-likeness (QED) is 0.647. The molecule has 7 heteroatoms. The van der Waals surface area contributed by atoms with Gasteiger partial charge < -0.3 is 15.0 Å². The van der Waals surface area contributed by atoms with Crippen LogP contribution < -0.4 is 15.4 Å². The number of aryl methyl sites for hydroxylation is 1. The summed E-state index contributed by atoms with van der Waals surface area (Å²) in [5.74, 6) is 0.304. The zero-order chi connectivity index (χ0) is 21.2. The van der Waals surface area contributed by atoms with E-state index < -0.39 is 0 Å². The number of nitrogens with zero attached hydrogens (tertiary/aromatic N) is 1. The lowest BCUT2D eigenvalue weighted by Crippen LogP contribution is -2.34. The van der Waals surface area contributed by atoms with Gasteiger partial charge in [-0.25, -0.2) is 0 Å². The topological polar surface area (TPSA) is 70.7 Å². The molecular weight excluding hydrogens is 386 g/mol. The van der Waals surface area contributed by atoms with E-state index in [9.17, 15) is 9.59 Å². The summed E-state index contributed by atoms with van der Waals surface area (Å²) in [7, 11) is 3.50. The number of rotatable bonds is 8. The van der Waals surface area contributed by atoms with Gasteiger partial charge in [0.05, 0.1) is 12.2 Å². The molecule has 2 rings (SSSR count). The number of hydrogen-bond acceptors (Lipinski definition) is 4. The molecule has 0 fully saturated rings. The highest BCUT2D eigenvalue weighted by molar-refractivity contribution is 7.80. The summed E-state index contributed by atoms with van der Waals surface area (Å²) in [4.78, 5) is 25.8. The molecule has 0 aromatic heterocycles. The van der Waals surface area contributed by atoms with Crippen LogP contribution in [0.4, 0.5) is 5.69 Å². The maximum Gasteiger partial charge on any atom is 0.261 e. The highest BCUT2D eigenvalue weighted by Crippen LogP contribution is 2.18. The van der Waals surface area contributed by atoms with Crippen molar-refractivity contribution >= 4 is 34.8 Å². The standard InChI is InChI=1S/C22H27N3O3S/c1-4-15-28-19-8-6-5-7-18(19)21(27)24-22(29)23-17-12-9-16(10-13-17)11-14-20(26)25(2)3/h5-10,12-13H,4,11,14-15H2,1-3H3,(H2,23,24,27,29). The van der Waals surface area contributed by atoms with Gasteiger partial charge in [-0.2, -0.15) is 0 Å². The van der Waals surface area contributed by atoms with Crippen molar-refractivity contribution in [1.29, 1.82) is 0 Å². The minimum Gasteiger partial charge on any atom is -0.493 e. The summed E-state index contributed by atoms with van der Waals surface area (Å²) in [5.41, 5.74) is 2.25. The van der Waals surface area contributed by atoms with E-state index in [1.165, 1.54) is 0 Å². The predicted molar refractivity (Wildman–Crippen MR) is 119 cm³/mol. The Bertz CT molecular complexity index is 851. The Balaban J connectivity index is 1.90. The van der Waals surface area contributed by atoms with E-state index in [4.69, 9.17) is 17.0 Å². The predicted octanol–water partition coefficient (Wildman–Crippen LogP) is 3.62. The number of carbonyl (C=O) groups excluding carboxylic acids is 2. The molecule has 6 nitrogen and oxygen atoms in total. The molecular formula is C22H27N3O3S. The van der Waals surface area contributed by atoms with E-state index in [0.717, 1.165) is 17.7 Å². The van der Waals surface area contributed by atoms with Gasteiger partial charge in [-0.15, -0.1) is 0 Å².